The Morgan fingerprint density at radius 3 is 2.26 bits per heavy atom. The summed E-state index contributed by atoms with van der Waals surface area (Å²) in [7, 11) is 1.51. The van der Waals surface area contributed by atoms with E-state index in [9.17, 15) is 9.90 Å². The fourth-order valence-corrected chi connectivity index (χ4v) is 2.44. The number of hydrogen-bond donors (Lipinski definition) is 2. The number of carbonyl (C=O) groups excluding carboxylic acids is 1. The number of benzene rings is 2. The van der Waals surface area contributed by atoms with E-state index in [0.29, 0.717) is 6.42 Å². The van der Waals surface area contributed by atoms with E-state index >= 15 is 0 Å². The van der Waals surface area contributed by atoms with Gasteiger partial charge in [0.1, 0.15) is 0 Å². The third-order valence-electron chi connectivity index (χ3n) is 3.98. The van der Waals surface area contributed by atoms with Crippen molar-refractivity contribution >= 4 is 5.91 Å². The maximum absolute atomic E-state index is 12.5. The highest BCUT2D eigenvalue weighted by Gasteiger charge is 2.35. The Morgan fingerprint density at radius 2 is 1.70 bits per heavy atom. The molecule has 2 aromatic carbocycles. The Labute approximate surface area is 137 Å². The minimum absolute atomic E-state index is 0.180. The molecule has 23 heavy (non-hydrogen) atoms. The van der Waals surface area contributed by atoms with Crippen molar-refractivity contribution in [3.63, 3.8) is 0 Å². The summed E-state index contributed by atoms with van der Waals surface area (Å²) in [6, 6.07) is 19.0. The highest BCUT2D eigenvalue weighted by atomic mass is 16.5. The average Bonchev–Trinajstić information content (AvgIpc) is 2.60. The first-order chi connectivity index (χ1) is 11.1. The third-order valence-corrected chi connectivity index (χ3v) is 3.98. The molecule has 0 fully saturated rings. The summed E-state index contributed by atoms with van der Waals surface area (Å²) in [6.07, 6.45) is -0.144. The monoisotopic (exact) mass is 313 g/mol. The fourth-order valence-electron chi connectivity index (χ4n) is 2.44. The number of hydrogen-bond acceptors (Lipinski definition) is 3. The maximum atomic E-state index is 12.5. The van der Waals surface area contributed by atoms with E-state index in [2.05, 4.69) is 5.32 Å². The lowest BCUT2D eigenvalue weighted by molar-refractivity contribution is -0.143. The molecule has 122 valence electrons. The van der Waals surface area contributed by atoms with Gasteiger partial charge >= 0.3 is 0 Å². The van der Waals surface area contributed by atoms with Crippen molar-refractivity contribution in [1.29, 1.82) is 0 Å². The number of carbonyl (C=O) groups is 1. The Morgan fingerprint density at radius 1 is 1.13 bits per heavy atom. The molecule has 0 aliphatic carbocycles. The number of aliphatic hydroxyl groups is 1. The molecular formula is C19H23NO3. The van der Waals surface area contributed by atoms with Crippen LogP contribution >= 0.6 is 0 Å². The zero-order valence-electron chi connectivity index (χ0n) is 13.5. The molecule has 0 bridgehead atoms. The molecule has 1 amide bonds. The van der Waals surface area contributed by atoms with Gasteiger partial charge in [-0.25, -0.2) is 0 Å². The zero-order valence-corrected chi connectivity index (χ0v) is 13.5. The van der Waals surface area contributed by atoms with Crippen LogP contribution in [0.2, 0.25) is 0 Å². The molecule has 2 aromatic rings. The van der Waals surface area contributed by atoms with Crippen LogP contribution in [0.4, 0.5) is 0 Å². The van der Waals surface area contributed by atoms with Crippen LogP contribution in [0.3, 0.4) is 0 Å². The largest absolute Gasteiger partial charge is 0.391 e. The molecule has 2 rings (SSSR count). The van der Waals surface area contributed by atoms with E-state index in [0.717, 1.165) is 11.1 Å². The lowest BCUT2D eigenvalue weighted by Gasteiger charge is -2.28. The van der Waals surface area contributed by atoms with Gasteiger partial charge < -0.3 is 15.2 Å². The minimum atomic E-state index is -1.08. The highest BCUT2D eigenvalue weighted by molar-refractivity contribution is 5.86. The smallest absolute Gasteiger partial charge is 0.256 e. The van der Waals surface area contributed by atoms with E-state index in [-0.39, 0.29) is 12.5 Å². The van der Waals surface area contributed by atoms with Gasteiger partial charge in [0.05, 0.1) is 6.10 Å². The van der Waals surface area contributed by atoms with Crippen molar-refractivity contribution in [2.45, 2.75) is 25.0 Å². The first-order valence-electron chi connectivity index (χ1n) is 7.67. The van der Waals surface area contributed by atoms with Crippen molar-refractivity contribution in [2.24, 2.45) is 0 Å². The van der Waals surface area contributed by atoms with E-state index in [1.165, 1.54) is 7.11 Å². The van der Waals surface area contributed by atoms with Gasteiger partial charge in [-0.15, -0.1) is 0 Å². The minimum Gasteiger partial charge on any atom is -0.391 e. The molecule has 0 heterocycles. The van der Waals surface area contributed by atoms with Crippen molar-refractivity contribution in [1.82, 2.24) is 5.32 Å². The zero-order chi connectivity index (χ0) is 16.7. The normalized spacial score (nSPS) is 14.7. The second-order valence-corrected chi connectivity index (χ2v) is 5.66. The van der Waals surface area contributed by atoms with Crippen LogP contribution in [0.15, 0.2) is 60.7 Å². The standard InChI is InChI=1S/C19H23NO3/c1-19(23-2,16-11-7-4-8-12-16)18(22)20-14-17(21)13-15-9-5-3-6-10-15/h3-12,17,21H,13-14H2,1-2H3,(H,20,22)/t17-,19+/m1/s1. The number of amides is 1. The van der Waals surface area contributed by atoms with Gasteiger partial charge in [0.2, 0.25) is 0 Å². The van der Waals surface area contributed by atoms with Gasteiger partial charge in [0.25, 0.3) is 5.91 Å². The Balaban J connectivity index is 1.95. The lowest BCUT2D eigenvalue weighted by atomic mass is 9.94. The number of aliphatic hydroxyl groups excluding tert-OH is 1. The van der Waals surface area contributed by atoms with Crippen molar-refractivity contribution in [3.05, 3.63) is 71.8 Å². The van der Waals surface area contributed by atoms with Crippen molar-refractivity contribution in [2.75, 3.05) is 13.7 Å². The topological polar surface area (TPSA) is 58.6 Å². The predicted molar refractivity (Wildman–Crippen MR) is 90.0 cm³/mol. The summed E-state index contributed by atoms with van der Waals surface area (Å²) in [5.74, 6) is -0.265. The molecule has 0 unspecified atom stereocenters. The van der Waals surface area contributed by atoms with E-state index in [1.54, 1.807) is 6.92 Å². The number of rotatable bonds is 7. The summed E-state index contributed by atoms with van der Waals surface area (Å²) in [5.41, 5.74) is 0.734. The van der Waals surface area contributed by atoms with Crippen LogP contribution in [-0.2, 0) is 21.6 Å². The summed E-state index contributed by atoms with van der Waals surface area (Å²) in [6.45, 7) is 1.90. The molecule has 4 nitrogen and oxygen atoms in total. The molecular weight excluding hydrogens is 290 g/mol. The van der Waals surface area contributed by atoms with Gasteiger partial charge in [-0.1, -0.05) is 60.7 Å². The van der Waals surface area contributed by atoms with Crippen LogP contribution in [0.1, 0.15) is 18.1 Å². The molecule has 0 spiro atoms. The lowest BCUT2D eigenvalue weighted by Crippen LogP contribution is -2.46. The number of ether oxygens (including phenoxy) is 1. The summed E-state index contributed by atoms with van der Waals surface area (Å²) >= 11 is 0. The second-order valence-electron chi connectivity index (χ2n) is 5.66. The molecule has 2 N–H and O–H groups in total. The SMILES string of the molecule is CO[C@](C)(C(=O)NC[C@H](O)Cc1ccccc1)c1ccccc1. The van der Waals surface area contributed by atoms with Crippen LogP contribution in [-0.4, -0.2) is 30.8 Å². The van der Waals surface area contributed by atoms with Crippen LogP contribution < -0.4 is 5.32 Å². The first kappa shape index (κ1) is 17.2. The fraction of sp³-hybridized carbons (Fsp3) is 0.316. The molecule has 2 atom stereocenters. The molecule has 0 aliphatic heterocycles. The molecule has 0 radical (unpaired) electrons. The molecule has 0 saturated heterocycles. The molecule has 0 aromatic heterocycles. The molecule has 4 heteroatoms. The maximum Gasteiger partial charge on any atom is 0.256 e. The Hall–Kier alpha value is -2.17. The first-order valence-corrected chi connectivity index (χ1v) is 7.67. The molecule has 0 saturated carbocycles. The number of methoxy groups -OCH3 is 1. The molecule has 0 aliphatic rings. The highest BCUT2D eigenvalue weighted by Crippen LogP contribution is 2.24. The summed E-state index contributed by atoms with van der Waals surface area (Å²) in [5, 5.41) is 12.9. The van der Waals surface area contributed by atoms with Crippen molar-refractivity contribution < 1.29 is 14.6 Å². The average molecular weight is 313 g/mol. The van der Waals surface area contributed by atoms with E-state index in [1.807, 2.05) is 60.7 Å². The van der Waals surface area contributed by atoms with Crippen LogP contribution in [0.25, 0.3) is 0 Å². The quantitative estimate of drug-likeness (QED) is 0.824. The van der Waals surface area contributed by atoms with Gasteiger partial charge in [-0.2, -0.15) is 0 Å². The van der Waals surface area contributed by atoms with Crippen LogP contribution in [0, 0.1) is 0 Å². The Kier molecular flexibility index (Phi) is 5.90. The summed E-state index contributed by atoms with van der Waals surface area (Å²) in [4.78, 5) is 12.5. The third kappa shape index (κ3) is 4.41. The number of nitrogens with one attached hydrogen (secondary N) is 1. The summed E-state index contributed by atoms with van der Waals surface area (Å²) < 4.78 is 5.44. The second kappa shape index (κ2) is 7.90. The van der Waals surface area contributed by atoms with Gasteiger partial charge in [-0.3, -0.25) is 4.79 Å². The van der Waals surface area contributed by atoms with Crippen LogP contribution in [0.5, 0.6) is 0 Å². The van der Waals surface area contributed by atoms with E-state index < -0.39 is 11.7 Å². The van der Waals surface area contributed by atoms with Gasteiger partial charge in [-0.05, 0) is 18.1 Å². The Bertz CT molecular complexity index is 615. The van der Waals surface area contributed by atoms with Gasteiger partial charge in [0.15, 0.2) is 5.60 Å². The van der Waals surface area contributed by atoms with Gasteiger partial charge in [0, 0.05) is 20.1 Å². The van der Waals surface area contributed by atoms with E-state index in [4.69, 9.17) is 4.74 Å². The van der Waals surface area contributed by atoms with Crippen molar-refractivity contribution in [3.8, 4) is 0 Å². The predicted octanol–water partition coefficient (Wildman–Crippen LogP) is 2.27.